The van der Waals surface area contributed by atoms with Crippen LogP contribution in [0.15, 0.2) is 24.3 Å². The van der Waals surface area contributed by atoms with E-state index in [1.54, 1.807) is 0 Å². The van der Waals surface area contributed by atoms with Gasteiger partial charge in [0, 0.05) is 6.42 Å². The molecule has 0 saturated heterocycles. The van der Waals surface area contributed by atoms with Gasteiger partial charge >= 0.3 is 0 Å². The fourth-order valence-corrected chi connectivity index (χ4v) is 1.66. The molecule has 0 bridgehead atoms. The summed E-state index contributed by atoms with van der Waals surface area (Å²) in [6, 6.07) is 0. The third kappa shape index (κ3) is 15.1. The summed E-state index contributed by atoms with van der Waals surface area (Å²) in [6.07, 6.45) is 21.7. The number of allylic oxidation sites excluding steroid dienone is 4. The predicted molar refractivity (Wildman–Crippen MR) is 76.2 cm³/mol. The van der Waals surface area contributed by atoms with E-state index < -0.39 is 0 Å². The molecule has 0 N–H and O–H groups in total. The number of hydrogen-bond acceptors (Lipinski definition) is 1. The van der Waals surface area contributed by atoms with Gasteiger partial charge in [-0.1, -0.05) is 50.5 Å². The summed E-state index contributed by atoms with van der Waals surface area (Å²) >= 11 is 0. The molecule has 0 aromatic carbocycles. The van der Waals surface area contributed by atoms with Crippen LogP contribution in [0.4, 0.5) is 0 Å². The summed E-state index contributed by atoms with van der Waals surface area (Å²) < 4.78 is 0. The van der Waals surface area contributed by atoms with Gasteiger partial charge in [0.15, 0.2) is 0 Å². The minimum absolute atomic E-state index is 0.666. The molecule has 0 atom stereocenters. The first-order chi connectivity index (χ1) is 8.41. The molecule has 0 amide bonds. The smallest absolute Gasteiger partial charge is 0.120 e. The third-order valence-electron chi connectivity index (χ3n) is 2.75. The Hall–Kier alpha value is -0.850. The summed E-state index contributed by atoms with van der Waals surface area (Å²) in [7, 11) is 0. The van der Waals surface area contributed by atoms with Gasteiger partial charge in [-0.25, -0.2) is 0 Å². The van der Waals surface area contributed by atoms with Crippen LogP contribution in [0.1, 0.15) is 71.1 Å². The van der Waals surface area contributed by atoms with E-state index in [0.29, 0.717) is 6.42 Å². The summed E-state index contributed by atoms with van der Waals surface area (Å²) in [6.45, 7) is 2.23. The van der Waals surface area contributed by atoms with Crippen LogP contribution in [0.25, 0.3) is 0 Å². The Morgan fingerprint density at radius 2 is 1.18 bits per heavy atom. The highest BCUT2D eigenvalue weighted by Crippen LogP contribution is 2.05. The van der Waals surface area contributed by atoms with Crippen LogP contribution in [0.3, 0.4) is 0 Å². The summed E-state index contributed by atoms with van der Waals surface area (Å²) in [5, 5.41) is 0. The van der Waals surface area contributed by atoms with Crippen LogP contribution in [0.5, 0.6) is 0 Å². The Morgan fingerprint density at radius 3 is 1.71 bits per heavy atom. The van der Waals surface area contributed by atoms with Crippen molar-refractivity contribution in [3.8, 4) is 0 Å². The molecule has 0 spiro atoms. The number of hydrogen-bond donors (Lipinski definition) is 0. The van der Waals surface area contributed by atoms with Gasteiger partial charge in [0.2, 0.25) is 0 Å². The Labute approximate surface area is 107 Å². The van der Waals surface area contributed by atoms with E-state index in [1.165, 1.54) is 51.4 Å². The van der Waals surface area contributed by atoms with Gasteiger partial charge < -0.3 is 4.79 Å². The number of aldehydes is 1. The van der Waals surface area contributed by atoms with Crippen molar-refractivity contribution in [3.05, 3.63) is 24.3 Å². The maximum atomic E-state index is 10.1. The minimum Gasteiger partial charge on any atom is -0.303 e. The fourth-order valence-electron chi connectivity index (χ4n) is 1.66. The zero-order valence-electron chi connectivity index (χ0n) is 11.4. The van der Waals surface area contributed by atoms with Crippen LogP contribution in [0.2, 0.25) is 0 Å². The summed E-state index contributed by atoms with van der Waals surface area (Å²) in [4.78, 5) is 10.1. The highest BCUT2D eigenvalue weighted by molar-refractivity contribution is 5.49. The molecule has 0 aromatic rings. The van der Waals surface area contributed by atoms with Gasteiger partial charge in [-0.2, -0.15) is 0 Å². The van der Waals surface area contributed by atoms with Gasteiger partial charge in [-0.3, -0.25) is 0 Å². The predicted octanol–water partition coefficient (Wildman–Crippen LogP) is 5.22. The summed E-state index contributed by atoms with van der Waals surface area (Å²) in [5.41, 5.74) is 0. The second-order valence-electron chi connectivity index (χ2n) is 4.47. The molecule has 1 heteroatoms. The highest BCUT2D eigenvalue weighted by Gasteiger charge is 1.86. The lowest BCUT2D eigenvalue weighted by Gasteiger charge is -1.95. The maximum absolute atomic E-state index is 10.1. The van der Waals surface area contributed by atoms with E-state index in [1.807, 2.05) is 0 Å². The molecular weight excluding hydrogens is 208 g/mol. The first-order valence-electron chi connectivity index (χ1n) is 7.15. The SMILES string of the molecule is CCCC/C=C/CCCCC/C=C/CCC=O. The molecule has 0 radical (unpaired) electrons. The van der Waals surface area contributed by atoms with Crippen molar-refractivity contribution < 1.29 is 4.79 Å². The van der Waals surface area contributed by atoms with Crippen LogP contribution >= 0.6 is 0 Å². The van der Waals surface area contributed by atoms with Gasteiger partial charge in [-0.05, 0) is 38.5 Å². The molecule has 98 valence electrons. The zero-order valence-corrected chi connectivity index (χ0v) is 11.4. The molecule has 0 saturated carbocycles. The largest absolute Gasteiger partial charge is 0.303 e. The van der Waals surface area contributed by atoms with Crippen molar-refractivity contribution in [1.82, 2.24) is 0 Å². The Balaban J connectivity index is 3.10. The van der Waals surface area contributed by atoms with E-state index in [9.17, 15) is 4.79 Å². The molecule has 0 aromatic heterocycles. The number of unbranched alkanes of at least 4 members (excludes halogenated alkanes) is 7. The zero-order chi connectivity index (χ0) is 12.6. The van der Waals surface area contributed by atoms with Crippen LogP contribution in [-0.2, 0) is 4.79 Å². The molecule has 0 aliphatic heterocycles. The quantitative estimate of drug-likeness (QED) is 0.258. The van der Waals surface area contributed by atoms with Crippen molar-refractivity contribution in [1.29, 1.82) is 0 Å². The van der Waals surface area contributed by atoms with Crippen LogP contribution in [0, 0.1) is 0 Å². The average Bonchev–Trinajstić information content (AvgIpc) is 2.35. The molecule has 17 heavy (non-hydrogen) atoms. The molecule has 0 aliphatic rings. The second kappa shape index (κ2) is 15.1. The van der Waals surface area contributed by atoms with E-state index in [0.717, 1.165) is 12.7 Å². The lowest BCUT2D eigenvalue weighted by molar-refractivity contribution is -0.107. The summed E-state index contributed by atoms with van der Waals surface area (Å²) in [5.74, 6) is 0. The molecule has 1 nitrogen and oxygen atoms in total. The first-order valence-corrected chi connectivity index (χ1v) is 7.15. The standard InChI is InChI=1S/C16H28O/c1-2-3-4-5-6-7-8-9-10-11-12-13-14-15-16-17/h5-6,12-13,16H,2-4,7-11,14-15H2,1H3/b6-5+,13-12+. The highest BCUT2D eigenvalue weighted by atomic mass is 16.1. The Morgan fingerprint density at radius 1 is 0.647 bits per heavy atom. The van der Waals surface area contributed by atoms with Crippen molar-refractivity contribution in [2.24, 2.45) is 0 Å². The maximum Gasteiger partial charge on any atom is 0.120 e. The molecule has 0 aliphatic carbocycles. The molecule has 0 unspecified atom stereocenters. The van der Waals surface area contributed by atoms with Crippen molar-refractivity contribution in [3.63, 3.8) is 0 Å². The van der Waals surface area contributed by atoms with E-state index in [4.69, 9.17) is 0 Å². The van der Waals surface area contributed by atoms with Gasteiger partial charge in [-0.15, -0.1) is 0 Å². The topological polar surface area (TPSA) is 17.1 Å². The van der Waals surface area contributed by atoms with Crippen LogP contribution < -0.4 is 0 Å². The van der Waals surface area contributed by atoms with E-state index in [2.05, 4.69) is 31.2 Å². The van der Waals surface area contributed by atoms with E-state index in [-0.39, 0.29) is 0 Å². The molecule has 0 rings (SSSR count). The Bertz CT molecular complexity index is 204. The number of carbonyl (C=O) groups excluding carboxylic acids is 1. The normalized spacial score (nSPS) is 11.6. The van der Waals surface area contributed by atoms with Crippen molar-refractivity contribution in [2.75, 3.05) is 0 Å². The molecule has 0 heterocycles. The van der Waals surface area contributed by atoms with E-state index >= 15 is 0 Å². The number of rotatable bonds is 12. The fraction of sp³-hybridized carbons (Fsp3) is 0.688. The van der Waals surface area contributed by atoms with Gasteiger partial charge in [0.1, 0.15) is 6.29 Å². The average molecular weight is 236 g/mol. The number of carbonyl (C=O) groups is 1. The lowest BCUT2D eigenvalue weighted by Crippen LogP contribution is -1.76. The first kappa shape index (κ1) is 16.1. The lowest BCUT2D eigenvalue weighted by atomic mass is 10.1. The Kier molecular flexibility index (Phi) is 14.4. The molecule has 0 fully saturated rings. The van der Waals surface area contributed by atoms with Crippen LogP contribution in [-0.4, -0.2) is 6.29 Å². The van der Waals surface area contributed by atoms with Crippen molar-refractivity contribution >= 4 is 6.29 Å². The third-order valence-corrected chi connectivity index (χ3v) is 2.75. The minimum atomic E-state index is 0.666. The monoisotopic (exact) mass is 236 g/mol. The van der Waals surface area contributed by atoms with Crippen molar-refractivity contribution in [2.45, 2.75) is 71.1 Å². The second-order valence-corrected chi connectivity index (χ2v) is 4.47. The molecular formula is C16H28O. The van der Waals surface area contributed by atoms with Gasteiger partial charge in [0.05, 0.1) is 0 Å². The van der Waals surface area contributed by atoms with Gasteiger partial charge in [0.25, 0.3) is 0 Å².